The van der Waals surface area contributed by atoms with Gasteiger partial charge in [0.15, 0.2) is 5.17 Å². The summed E-state index contributed by atoms with van der Waals surface area (Å²) in [6.45, 7) is 3.63. The van der Waals surface area contributed by atoms with E-state index in [-0.39, 0.29) is 18.2 Å². The number of rotatable bonds is 5. The molecule has 1 aliphatic rings. The van der Waals surface area contributed by atoms with Gasteiger partial charge in [0.05, 0.1) is 6.26 Å². The summed E-state index contributed by atoms with van der Waals surface area (Å²) in [7, 11) is 0. The highest BCUT2D eigenvalue weighted by Crippen LogP contribution is 2.24. The highest BCUT2D eigenvalue weighted by atomic mass is 35.5. The maximum absolute atomic E-state index is 12.2. The van der Waals surface area contributed by atoms with Gasteiger partial charge in [0.1, 0.15) is 16.7 Å². The molecule has 0 saturated carbocycles. The van der Waals surface area contributed by atoms with E-state index in [1.807, 2.05) is 13.0 Å². The molecule has 0 bridgehead atoms. The standard InChI is InChI=1S/C18H17ClN4O3S/c1-10-5-6-12(8-13(10)19)20-16(24)9-15-17(25)21-18(27-15)23-22-11(2)14-4-3-7-26-14/h3-8,15H,9H2,1-2H3,(H,20,24)(H,21,23,25)/b22-11+. The molecule has 2 N–H and O–H groups in total. The number of furan rings is 1. The molecule has 2 heterocycles. The lowest BCUT2D eigenvalue weighted by Gasteiger charge is -2.08. The lowest BCUT2D eigenvalue weighted by atomic mass is 10.2. The van der Waals surface area contributed by atoms with E-state index in [0.717, 1.165) is 5.56 Å². The number of amides is 2. The van der Waals surface area contributed by atoms with Crippen LogP contribution in [0.4, 0.5) is 5.69 Å². The molecule has 1 fully saturated rings. The van der Waals surface area contributed by atoms with Crippen molar-refractivity contribution in [2.75, 3.05) is 5.32 Å². The highest BCUT2D eigenvalue weighted by Gasteiger charge is 2.32. The Morgan fingerprint density at radius 3 is 2.93 bits per heavy atom. The van der Waals surface area contributed by atoms with Gasteiger partial charge in [-0.25, -0.2) is 0 Å². The van der Waals surface area contributed by atoms with E-state index >= 15 is 0 Å². The van der Waals surface area contributed by atoms with Gasteiger partial charge in [-0.15, -0.1) is 10.2 Å². The van der Waals surface area contributed by atoms with E-state index in [4.69, 9.17) is 16.0 Å². The van der Waals surface area contributed by atoms with Crippen LogP contribution in [0.1, 0.15) is 24.7 Å². The lowest BCUT2D eigenvalue weighted by molar-refractivity contribution is -0.122. The Bertz CT molecular complexity index is 925. The summed E-state index contributed by atoms with van der Waals surface area (Å²) in [6.07, 6.45) is 1.56. The number of anilines is 1. The van der Waals surface area contributed by atoms with Crippen molar-refractivity contribution in [1.29, 1.82) is 0 Å². The number of hydrogen-bond acceptors (Lipinski definition) is 6. The molecule has 1 atom stereocenters. The molecule has 0 aliphatic carbocycles. The van der Waals surface area contributed by atoms with Crippen molar-refractivity contribution in [3.63, 3.8) is 0 Å². The second kappa shape index (κ2) is 8.41. The van der Waals surface area contributed by atoms with Crippen molar-refractivity contribution >= 4 is 51.7 Å². The molecule has 1 saturated heterocycles. The Labute approximate surface area is 165 Å². The molecule has 1 aromatic carbocycles. The number of carbonyl (C=O) groups excluding carboxylic acids is 2. The van der Waals surface area contributed by atoms with Crippen molar-refractivity contribution in [3.05, 3.63) is 52.9 Å². The minimum absolute atomic E-state index is 0.0158. The summed E-state index contributed by atoms with van der Waals surface area (Å²) in [6, 6.07) is 8.78. The molecular formula is C18H17ClN4O3S. The van der Waals surface area contributed by atoms with Crippen LogP contribution in [-0.4, -0.2) is 27.9 Å². The third-order valence-electron chi connectivity index (χ3n) is 3.77. The number of halogens is 1. The van der Waals surface area contributed by atoms with Gasteiger partial charge in [-0.1, -0.05) is 29.4 Å². The second-order valence-corrected chi connectivity index (χ2v) is 7.48. The van der Waals surface area contributed by atoms with Gasteiger partial charge in [0.25, 0.3) is 0 Å². The second-order valence-electron chi connectivity index (χ2n) is 5.88. The zero-order valence-electron chi connectivity index (χ0n) is 14.7. The molecule has 0 radical (unpaired) electrons. The first-order valence-corrected chi connectivity index (χ1v) is 9.38. The molecule has 2 aromatic rings. The number of aryl methyl sites for hydroxylation is 1. The number of benzene rings is 1. The smallest absolute Gasteiger partial charge is 0.240 e. The monoisotopic (exact) mass is 404 g/mol. The van der Waals surface area contributed by atoms with E-state index in [2.05, 4.69) is 20.8 Å². The molecule has 1 aliphatic heterocycles. The van der Waals surface area contributed by atoms with Crippen LogP contribution in [0.3, 0.4) is 0 Å². The number of nitrogens with zero attached hydrogens (tertiary/aromatic N) is 2. The van der Waals surface area contributed by atoms with Crippen LogP contribution in [0.15, 0.2) is 51.2 Å². The van der Waals surface area contributed by atoms with Crippen LogP contribution < -0.4 is 10.6 Å². The lowest BCUT2D eigenvalue weighted by Crippen LogP contribution is -2.28. The van der Waals surface area contributed by atoms with Crippen molar-refractivity contribution in [2.24, 2.45) is 10.2 Å². The summed E-state index contributed by atoms with van der Waals surface area (Å²) >= 11 is 7.22. The predicted molar refractivity (Wildman–Crippen MR) is 107 cm³/mol. The fourth-order valence-corrected chi connectivity index (χ4v) is 3.39. The maximum atomic E-state index is 12.2. The maximum Gasteiger partial charge on any atom is 0.240 e. The Balaban J connectivity index is 1.58. The Morgan fingerprint density at radius 2 is 2.22 bits per heavy atom. The molecule has 7 nitrogen and oxygen atoms in total. The molecule has 3 rings (SSSR count). The summed E-state index contributed by atoms with van der Waals surface area (Å²) in [5.41, 5.74) is 2.10. The van der Waals surface area contributed by atoms with Crippen molar-refractivity contribution in [3.8, 4) is 0 Å². The number of nitrogens with one attached hydrogen (secondary N) is 2. The normalized spacial score (nSPS) is 18.6. The average Bonchev–Trinajstić information content (AvgIpc) is 3.27. The van der Waals surface area contributed by atoms with Crippen LogP contribution in [0.2, 0.25) is 5.02 Å². The topological polar surface area (TPSA) is 96.1 Å². The minimum atomic E-state index is -0.566. The van der Waals surface area contributed by atoms with Crippen LogP contribution in [0, 0.1) is 6.92 Å². The first-order valence-electron chi connectivity index (χ1n) is 8.12. The van der Waals surface area contributed by atoms with E-state index in [9.17, 15) is 9.59 Å². The zero-order valence-corrected chi connectivity index (χ0v) is 16.2. The van der Waals surface area contributed by atoms with Crippen LogP contribution in [-0.2, 0) is 9.59 Å². The summed E-state index contributed by atoms with van der Waals surface area (Å²) in [5.74, 6) is 0.0436. The molecule has 140 valence electrons. The van der Waals surface area contributed by atoms with Gasteiger partial charge in [0.2, 0.25) is 11.8 Å². The first-order chi connectivity index (χ1) is 12.9. The summed E-state index contributed by atoms with van der Waals surface area (Å²) in [5, 5.41) is 13.8. The Kier molecular flexibility index (Phi) is 5.98. The minimum Gasteiger partial charge on any atom is -0.463 e. The van der Waals surface area contributed by atoms with E-state index < -0.39 is 5.25 Å². The quantitative estimate of drug-likeness (QED) is 0.588. The molecule has 27 heavy (non-hydrogen) atoms. The average molecular weight is 405 g/mol. The Hall–Kier alpha value is -2.58. The highest BCUT2D eigenvalue weighted by molar-refractivity contribution is 8.15. The Morgan fingerprint density at radius 1 is 1.41 bits per heavy atom. The van der Waals surface area contributed by atoms with Gasteiger partial charge in [-0.05, 0) is 43.7 Å². The van der Waals surface area contributed by atoms with Gasteiger partial charge in [-0.2, -0.15) is 0 Å². The van der Waals surface area contributed by atoms with Crippen molar-refractivity contribution in [2.45, 2.75) is 25.5 Å². The largest absolute Gasteiger partial charge is 0.463 e. The number of hydrogen-bond donors (Lipinski definition) is 2. The fourth-order valence-electron chi connectivity index (χ4n) is 2.29. The SMILES string of the molecule is C/C(=N\N=C1/NC(=O)C(CC(=O)Nc2ccc(C)c(Cl)c2)S1)c1ccco1. The molecule has 9 heteroatoms. The van der Waals surface area contributed by atoms with E-state index in [1.54, 1.807) is 37.5 Å². The van der Waals surface area contributed by atoms with E-state index in [1.165, 1.54) is 11.8 Å². The van der Waals surface area contributed by atoms with Gasteiger partial charge >= 0.3 is 0 Å². The van der Waals surface area contributed by atoms with Gasteiger partial charge < -0.3 is 15.1 Å². The van der Waals surface area contributed by atoms with Crippen LogP contribution in [0.5, 0.6) is 0 Å². The van der Waals surface area contributed by atoms with Crippen molar-refractivity contribution in [1.82, 2.24) is 5.32 Å². The molecule has 1 unspecified atom stereocenters. The molecular weight excluding hydrogens is 388 g/mol. The number of thioether (sulfide) groups is 1. The van der Waals surface area contributed by atoms with Gasteiger partial charge in [-0.3, -0.25) is 9.59 Å². The summed E-state index contributed by atoms with van der Waals surface area (Å²) < 4.78 is 5.22. The zero-order chi connectivity index (χ0) is 19.4. The van der Waals surface area contributed by atoms with Crippen LogP contribution in [0.25, 0.3) is 0 Å². The van der Waals surface area contributed by atoms with Gasteiger partial charge in [0, 0.05) is 17.1 Å². The van der Waals surface area contributed by atoms with Crippen molar-refractivity contribution < 1.29 is 14.0 Å². The molecule has 1 aromatic heterocycles. The third-order valence-corrected chi connectivity index (χ3v) is 5.25. The first kappa shape index (κ1) is 19.2. The molecule has 0 spiro atoms. The third kappa shape index (κ3) is 4.99. The van der Waals surface area contributed by atoms with E-state index in [0.29, 0.717) is 27.3 Å². The summed E-state index contributed by atoms with van der Waals surface area (Å²) in [4.78, 5) is 24.3. The molecule has 2 amide bonds. The predicted octanol–water partition coefficient (Wildman–Crippen LogP) is 3.58. The fraction of sp³-hybridized carbons (Fsp3) is 0.222. The van der Waals surface area contributed by atoms with Crippen LogP contribution >= 0.6 is 23.4 Å². The number of amidine groups is 1. The number of carbonyl (C=O) groups is 2.